The second-order valence-electron chi connectivity index (χ2n) is 6.53. The first-order valence-electron chi connectivity index (χ1n) is 9.12. The van der Waals surface area contributed by atoms with Crippen molar-refractivity contribution in [3.63, 3.8) is 0 Å². The molecule has 0 aliphatic carbocycles. The Balaban J connectivity index is 1.46. The number of carbonyl (C=O) groups is 1. The summed E-state index contributed by atoms with van der Waals surface area (Å²) in [6.07, 6.45) is 5.95. The maximum atomic E-state index is 13.0. The lowest BCUT2D eigenvalue weighted by molar-refractivity contribution is -0.138. The molecule has 1 unspecified atom stereocenters. The van der Waals surface area contributed by atoms with Gasteiger partial charge in [0.2, 0.25) is 11.7 Å². The molecule has 0 spiro atoms. The molecule has 3 aromatic rings. The molecule has 0 bridgehead atoms. The number of ether oxygens (including phenoxy) is 1. The number of likely N-dealkylation sites (tertiary alicyclic amines) is 1. The van der Waals surface area contributed by atoms with E-state index in [1.165, 1.54) is 24.3 Å². The zero-order chi connectivity index (χ0) is 19.3. The molecule has 3 heterocycles. The van der Waals surface area contributed by atoms with Crippen LogP contribution in [0.2, 0.25) is 0 Å². The number of nitrogens with zero attached hydrogens (tertiary/aromatic N) is 4. The van der Waals surface area contributed by atoms with E-state index in [-0.39, 0.29) is 24.4 Å². The molecule has 0 saturated carbocycles. The predicted molar refractivity (Wildman–Crippen MR) is 97.7 cm³/mol. The highest BCUT2D eigenvalue weighted by Gasteiger charge is 2.32. The lowest BCUT2D eigenvalue weighted by Crippen LogP contribution is -2.41. The Morgan fingerprint density at radius 3 is 2.75 bits per heavy atom. The molecule has 144 valence electrons. The monoisotopic (exact) mass is 382 g/mol. The molecule has 1 atom stereocenters. The average Bonchev–Trinajstić information content (AvgIpc) is 3.24. The number of carbonyl (C=O) groups excluding carboxylic acids is 1. The second kappa shape index (κ2) is 8.16. The molecule has 0 N–H and O–H groups in total. The van der Waals surface area contributed by atoms with Crippen LogP contribution in [0.5, 0.6) is 5.75 Å². The molecule has 1 saturated heterocycles. The van der Waals surface area contributed by atoms with E-state index in [9.17, 15) is 9.18 Å². The number of hydrogen-bond donors (Lipinski definition) is 0. The van der Waals surface area contributed by atoms with Crippen molar-refractivity contribution in [3.05, 3.63) is 60.5 Å². The van der Waals surface area contributed by atoms with E-state index in [1.54, 1.807) is 29.4 Å². The molecule has 1 aromatic carbocycles. The molecule has 28 heavy (non-hydrogen) atoms. The van der Waals surface area contributed by atoms with Crippen molar-refractivity contribution in [2.75, 3.05) is 13.2 Å². The van der Waals surface area contributed by atoms with Crippen molar-refractivity contribution >= 4 is 5.91 Å². The average molecular weight is 382 g/mol. The lowest BCUT2D eigenvalue weighted by Gasteiger charge is -2.33. The number of aromatic nitrogens is 3. The summed E-state index contributed by atoms with van der Waals surface area (Å²) in [5.74, 6) is 0.814. The van der Waals surface area contributed by atoms with Crippen LogP contribution in [-0.4, -0.2) is 39.1 Å². The van der Waals surface area contributed by atoms with Crippen molar-refractivity contribution < 1.29 is 18.4 Å². The van der Waals surface area contributed by atoms with Crippen LogP contribution in [0.3, 0.4) is 0 Å². The summed E-state index contributed by atoms with van der Waals surface area (Å²) >= 11 is 0. The number of benzene rings is 1. The van der Waals surface area contributed by atoms with Crippen LogP contribution < -0.4 is 4.74 Å². The largest absolute Gasteiger partial charge is 0.484 e. The Morgan fingerprint density at radius 2 is 1.96 bits per heavy atom. The van der Waals surface area contributed by atoms with Crippen LogP contribution in [0, 0.1) is 5.82 Å². The smallest absolute Gasteiger partial charge is 0.261 e. The van der Waals surface area contributed by atoms with Gasteiger partial charge in [0.05, 0.1) is 0 Å². The fourth-order valence-corrected chi connectivity index (χ4v) is 3.23. The number of hydrogen-bond acceptors (Lipinski definition) is 6. The minimum Gasteiger partial charge on any atom is -0.484 e. The number of amides is 1. The van der Waals surface area contributed by atoms with Gasteiger partial charge in [-0.15, -0.1) is 0 Å². The summed E-state index contributed by atoms with van der Waals surface area (Å²) in [7, 11) is 0. The van der Waals surface area contributed by atoms with Gasteiger partial charge in [-0.3, -0.25) is 9.78 Å². The Hall–Kier alpha value is -3.29. The van der Waals surface area contributed by atoms with Crippen molar-refractivity contribution in [1.29, 1.82) is 0 Å². The van der Waals surface area contributed by atoms with E-state index < -0.39 is 0 Å². The van der Waals surface area contributed by atoms with Crippen LogP contribution in [0.4, 0.5) is 4.39 Å². The Morgan fingerprint density at radius 1 is 1.18 bits per heavy atom. The Labute approximate surface area is 161 Å². The predicted octanol–water partition coefficient (Wildman–Crippen LogP) is 3.40. The first-order valence-corrected chi connectivity index (χ1v) is 9.12. The molecule has 2 aromatic heterocycles. The van der Waals surface area contributed by atoms with Gasteiger partial charge in [-0.25, -0.2) is 4.39 Å². The number of halogens is 1. The topological polar surface area (TPSA) is 81.4 Å². The van der Waals surface area contributed by atoms with E-state index in [1.807, 2.05) is 0 Å². The van der Waals surface area contributed by atoms with E-state index >= 15 is 0 Å². The van der Waals surface area contributed by atoms with E-state index in [2.05, 4.69) is 15.1 Å². The molecular weight excluding hydrogens is 363 g/mol. The van der Waals surface area contributed by atoms with Gasteiger partial charge in [-0.2, -0.15) is 4.98 Å². The number of rotatable bonds is 5. The Kier molecular flexibility index (Phi) is 5.27. The van der Waals surface area contributed by atoms with Crippen LogP contribution in [0.1, 0.15) is 31.2 Å². The summed E-state index contributed by atoms with van der Waals surface area (Å²) < 4.78 is 23.9. The van der Waals surface area contributed by atoms with Crippen molar-refractivity contribution in [1.82, 2.24) is 20.0 Å². The molecule has 1 aliphatic heterocycles. The Bertz CT molecular complexity index is 930. The third kappa shape index (κ3) is 4.00. The SMILES string of the molecule is O=C(COc1ccc(F)cc1)N1CCCCC1c1nc(-c2ccncc2)no1. The third-order valence-corrected chi connectivity index (χ3v) is 4.66. The van der Waals surface area contributed by atoms with Crippen molar-refractivity contribution in [3.8, 4) is 17.1 Å². The second-order valence-corrected chi connectivity index (χ2v) is 6.53. The van der Waals surface area contributed by atoms with E-state index in [0.29, 0.717) is 24.0 Å². The zero-order valence-corrected chi connectivity index (χ0v) is 15.1. The first kappa shape index (κ1) is 18.1. The highest BCUT2D eigenvalue weighted by Crippen LogP contribution is 2.31. The molecule has 0 radical (unpaired) electrons. The number of pyridine rings is 1. The van der Waals surface area contributed by atoms with Crippen LogP contribution in [0.25, 0.3) is 11.4 Å². The molecule has 4 rings (SSSR count). The maximum Gasteiger partial charge on any atom is 0.261 e. The molecule has 1 fully saturated rings. The van der Waals surface area contributed by atoms with E-state index in [0.717, 1.165) is 24.8 Å². The third-order valence-electron chi connectivity index (χ3n) is 4.66. The molecule has 7 nitrogen and oxygen atoms in total. The van der Waals surface area contributed by atoms with E-state index in [4.69, 9.17) is 9.26 Å². The highest BCUT2D eigenvalue weighted by atomic mass is 19.1. The standard InChI is InChI=1S/C20H19FN4O3/c21-15-4-6-16(7-5-15)27-13-18(26)25-12-2-1-3-17(25)20-23-19(24-28-20)14-8-10-22-11-9-14/h4-11,17H,1-3,12-13H2. The van der Waals surface area contributed by atoms with Gasteiger partial charge in [0.25, 0.3) is 5.91 Å². The van der Waals surface area contributed by atoms with Crippen LogP contribution in [-0.2, 0) is 4.79 Å². The van der Waals surface area contributed by atoms with Gasteiger partial charge in [0.15, 0.2) is 6.61 Å². The minimum absolute atomic E-state index is 0.131. The summed E-state index contributed by atoms with van der Waals surface area (Å²) in [6.45, 7) is 0.469. The summed E-state index contributed by atoms with van der Waals surface area (Å²) in [5, 5.41) is 4.04. The summed E-state index contributed by atoms with van der Waals surface area (Å²) in [4.78, 5) is 22.9. The summed E-state index contributed by atoms with van der Waals surface area (Å²) in [5.41, 5.74) is 0.804. The van der Waals surface area contributed by atoms with Gasteiger partial charge in [0, 0.05) is 24.5 Å². The minimum atomic E-state index is -0.351. The van der Waals surface area contributed by atoms with Crippen LogP contribution in [0.15, 0.2) is 53.3 Å². The maximum absolute atomic E-state index is 13.0. The van der Waals surface area contributed by atoms with Gasteiger partial charge in [0.1, 0.15) is 17.6 Å². The van der Waals surface area contributed by atoms with Gasteiger partial charge >= 0.3 is 0 Å². The van der Waals surface area contributed by atoms with Gasteiger partial charge in [-0.05, 0) is 55.7 Å². The fraction of sp³-hybridized carbons (Fsp3) is 0.300. The summed E-state index contributed by atoms with van der Waals surface area (Å²) in [6, 6.07) is 8.90. The van der Waals surface area contributed by atoms with Gasteiger partial charge in [-0.1, -0.05) is 5.16 Å². The molecule has 1 aliphatic rings. The quantitative estimate of drug-likeness (QED) is 0.673. The zero-order valence-electron chi connectivity index (χ0n) is 15.1. The van der Waals surface area contributed by atoms with Crippen molar-refractivity contribution in [2.45, 2.75) is 25.3 Å². The number of piperidine rings is 1. The molecule has 1 amide bonds. The molecule has 8 heteroatoms. The molecular formula is C20H19FN4O3. The lowest BCUT2D eigenvalue weighted by atomic mass is 10.0. The van der Waals surface area contributed by atoms with Crippen LogP contribution >= 0.6 is 0 Å². The van der Waals surface area contributed by atoms with Gasteiger partial charge < -0.3 is 14.2 Å². The van der Waals surface area contributed by atoms with Crippen molar-refractivity contribution in [2.24, 2.45) is 0 Å². The normalized spacial score (nSPS) is 16.8. The highest BCUT2D eigenvalue weighted by molar-refractivity contribution is 5.78. The first-order chi connectivity index (χ1) is 13.7. The fourth-order valence-electron chi connectivity index (χ4n) is 3.23.